The number of halogens is 1. The highest BCUT2D eigenvalue weighted by Gasteiger charge is 2.33. The summed E-state index contributed by atoms with van der Waals surface area (Å²) in [6.07, 6.45) is 4.87. The molecule has 2 aromatic heterocycles. The van der Waals surface area contributed by atoms with Crippen LogP contribution in [-0.4, -0.2) is 68.4 Å². The van der Waals surface area contributed by atoms with Gasteiger partial charge in [0.15, 0.2) is 5.69 Å². The third-order valence-corrected chi connectivity index (χ3v) is 10.6. The minimum Gasteiger partial charge on any atom is -0.455 e. The number of nitrogens with zero attached hydrogens (tertiary/aromatic N) is 4. The van der Waals surface area contributed by atoms with Crippen molar-refractivity contribution in [1.29, 1.82) is 0 Å². The number of carbonyl (C=O) groups is 2. The zero-order valence-electron chi connectivity index (χ0n) is 26.5. The summed E-state index contributed by atoms with van der Waals surface area (Å²) >= 11 is 0. The summed E-state index contributed by atoms with van der Waals surface area (Å²) in [4.78, 5) is 29.2. The van der Waals surface area contributed by atoms with Crippen LogP contribution >= 0.6 is 0 Å². The smallest absolute Gasteiger partial charge is 0.275 e. The van der Waals surface area contributed by atoms with Crippen LogP contribution in [0.4, 0.5) is 10.1 Å². The molecule has 3 heterocycles. The summed E-state index contributed by atoms with van der Waals surface area (Å²) < 4.78 is 48.9. The van der Waals surface area contributed by atoms with E-state index < -0.39 is 21.7 Å². The van der Waals surface area contributed by atoms with E-state index in [1.807, 2.05) is 35.0 Å². The van der Waals surface area contributed by atoms with E-state index in [0.717, 1.165) is 23.7 Å². The lowest BCUT2D eigenvalue weighted by molar-refractivity contribution is 0.0702. The number of piperidine rings is 1. The Morgan fingerprint density at radius 3 is 2.51 bits per heavy atom. The van der Waals surface area contributed by atoms with Crippen LogP contribution in [0.5, 0.6) is 0 Å². The van der Waals surface area contributed by atoms with Gasteiger partial charge in [-0.3, -0.25) is 18.6 Å². The Morgan fingerprint density at radius 1 is 1.06 bits per heavy atom. The van der Waals surface area contributed by atoms with Crippen molar-refractivity contribution >= 4 is 49.4 Å². The number of likely N-dealkylation sites (tertiary alicyclic amines) is 1. The highest BCUT2D eigenvalue weighted by atomic mass is 32.2. The zero-order valence-corrected chi connectivity index (χ0v) is 27.3. The van der Waals surface area contributed by atoms with Crippen LogP contribution < -0.4 is 9.62 Å². The van der Waals surface area contributed by atoms with Crippen LogP contribution in [0, 0.1) is 11.7 Å². The molecule has 0 spiro atoms. The predicted octanol–water partition coefficient (Wildman–Crippen LogP) is 5.77. The maximum absolute atomic E-state index is 14.1. The first-order valence-corrected chi connectivity index (χ1v) is 17.7. The van der Waals surface area contributed by atoms with Gasteiger partial charge in [0.1, 0.15) is 17.2 Å². The number of carbonyl (C=O) groups excluding carboxylic acids is 2. The fourth-order valence-electron chi connectivity index (χ4n) is 6.62. The lowest BCUT2D eigenvalue weighted by Crippen LogP contribution is -2.40. The van der Waals surface area contributed by atoms with E-state index in [9.17, 15) is 22.4 Å². The minimum atomic E-state index is -3.69. The Kier molecular flexibility index (Phi) is 7.78. The molecule has 12 heteroatoms. The molecule has 1 atom stereocenters. The topological polar surface area (TPSA) is 118 Å². The van der Waals surface area contributed by atoms with E-state index in [0.29, 0.717) is 65.3 Å². The molecule has 1 aliphatic heterocycles. The molecular formula is C35H36FN5O5S. The monoisotopic (exact) mass is 657 g/mol. The standard InChI is InChI=1S/C35H36FN5O5S/c1-37-34(42)31-27-17-26(29(39(2)47(3,44)45)18-30(27)46-33(31)22-12-14-24(36)15-13-22)23-7-6-16-40(20-23)35(43)32-25-8-4-5-9-28(25)41(38-32)19-21-10-11-21/h4-5,8-9,12-15,17-18,21,23H,6-7,10-11,16,19-20H2,1-3H3,(H,37,42)/t23-/m0/s1. The lowest BCUT2D eigenvalue weighted by Gasteiger charge is -2.34. The molecule has 2 aliphatic rings. The first-order chi connectivity index (χ1) is 22.5. The third-order valence-electron chi connectivity index (χ3n) is 9.37. The number of hydrogen-bond donors (Lipinski definition) is 1. The van der Waals surface area contributed by atoms with Crippen molar-refractivity contribution in [3.8, 4) is 11.3 Å². The number of nitrogens with one attached hydrogen (secondary N) is 1. The molecule has 2 amide bonds. The Bertz CT molecular complexity index is 2140. The molecular weight excluding hydrogens is 621 g/mol. The van der Waals surface area contributed by atoms with Crippen LogP contribution in [0.3, 0.4) is 0 Å². The Balaban J connectivity index is 1.31. The number of rotatable bonds is 8. The molecule has 47 heavy (non-hydrogen) atoms. The molecule has 0 bridgehead atoms. The average molecular weight is 658 g/mol. The summed E-state index contributed by atoms with van der Waals surface area (Å²) in [7, 11) is -0.692. The van der Waals surface area contributed by atoms with Crippen molar-refractivity contribution in [2.24, 2.45) is 5.92 Å². The number of sulfonamides is 1. The quantitative estimate of drug-likeness (QED) is 0.226. The van der Waals surface area contributed by atoms with Crippen molar-refractivity contribution in [1.82, 2.24) is 20.0 Å². The molecule has 0 radical (unpaired) electrons. The van der Waals surface area contributed by atoms with E-state index in [1.54, 1.807) is 11.0 Å². The van der Waals surface area contributed by atoms with Gasteiger partial charge in [-0.1, -0.05) is 18.2 Å². The molecule has 3 aromatic carbocycles. The Hall–Kier alpha value is -4.71. The van der Waals surface area contributed by atoms with Gasteiger partial charge in [0, 0.05) is 62.0 Å². The number of aromatic nitrogens is 2. The SMILES string of the molecule is CNC(=O)c1c(-c2ccc(F)cc2)oc2cc(N(C)S(C)(=O)=O)c([C@H]3CCCN(C(=O)c4nn(CC5CC5)c5ccccc45)C3)cc12. The van der Waals surface area contributed by atoms with Crippen LogP contribution in [-0.2, 0) is 16.6 Å². The molecule has 0 unspecified atom stereocenters. The second kappa shape index (κ2) is 11.8. The molecule has 10 nitrogen and oxygen atoms in total. The molecule has 244 valence electrons. The normalized spacial score (nSPS) is 16.9. The van der Waals surface area contributed by atoms with Gasteiger partial charge in [-0.15, -0.1) is 0 Å². The van der Waals surface area contributed by atoms with Gasteiger partial charge in [0.25, 0.3) is 11.8 Å². The van der Waals surface area contributed by atoms with Crippen LogP contribution in [0.15, 0.2) is 65.1 Å². The van der Waals surface area contributed by atoms with Gasteiger partial charge in [-0.25, -0.2) is 12.8 Å². The average Bonchev–Trinajstić information content (AvgIpc) is 3.71. The van der Waals surface area contributed by atoms with Crippen LogP contribution in [0.2, 0.25) is 0 Å². The summed E-state index contributed by atoms with van der Waals surface area (Å²) in [5.74, 6) is -0.381. The van der Waals surface area contributed by atoms with Crippen LogP contribution in [0.25, 0.3) is 33.2 Å². The van der Waals surface area contributed by atoms with Gasteiger partial charge in [0.2, 0.25) is 10.0 Å². The van der Waals surface area contributed by atoms with Gasteiger partial charge in [0.05, 0.1) is 23.0 Å². The summed E-state index contributed by atoms with van der Waals surface area (Å²) in [5, 5.41) is 8.79. The first-order valence-electron chi connectivity index (χ1n) is 15.8. The highest BCUT2D eigenvalue weighted by molar-refractivity contribution is 7.92. The summed E-state index contributed by atoms with van der Waals surface area (Å²) in [5.41, 5.74) is 3.53. The predicted molar refractivity (Wildman–Crippen MR) is 179 cm³/mol. The van der Waals surface area contributed by atoms with Crippen molar-refractivity contribution in [2.75, 3.05) is 37.7 Å². The number of benzene rings is 3. The number of hydrogen-bond acceptors (Lipinski definition) is 6. The van der Waals surface area contributed by atoms with Crippen molar-refractivity contribution in [3.05, 3.63) is 83.3 Å². The van der Waals surface area contributed by atoms with E-state index in [-0.39, 0.29) is 23.1 Å². The van der Waals surface area contributed by atoms with Gasteiger partial charge in [-0.05, 0) is 73.6 Å². The van der Waals surface area contributed by atoms with Crippen molar-refractivity contribution < 1.29 is 26.8 Å². The second-order valence-electron chi connectivity index (χ2n) is 12.6. The molecule has 2 fully saturated rings. The van der Waals surface area contributed by atoms with Crippen molar-refractivity contribution in [3.63, 3.8) is 0 Å². The number of amides is 2. The zero-order chi connectivity index (χ0) is 33.0. The fourth-order valence-corrected chi connectivity index (χ4v) is 7.13. The third kappa shape index (κ3) is 5.75. The number of furan rings is 1. The second-order valence-corrected chi connectivity index (χ2v) is 14.6. The summed E-state index contributed by atoms with van der Waals surface area (Å²) in [6.45, 7) is 1.68. The fraction of sp³-hybridized carbons (Fsp3) is 0.343. The van der Waals surface area contributed by atoms with Gasteiger partial charge >= 0.3 is 0 Å². The first kappa shape index (κ1) is 30.9. The number of fused-ring (bicyclic) bond motifs is 2. The minimum absolute atomic E-state index is 0.160. The van der Waals surface area contributed by atoms with Gasteiger partial charge < -0.3 is 14.6 Å². The van der Waals surface area contributed by atoms with E-state index in [2.05, 4.69) is 5.32 Å². The molecule has 1 saturated heterocycles. The molecule has 1 N–H and O–H groups in total. The van der Waals surface area contributed by atoms with Crippen LogP contribution in [0.1, 0.15) is 58.0 Å². The molecule has 1 aliphatic carbocycles. The van der Waals surface area contributed by atoms with E-state index in [4.69, 9.17) is 9.52 Å². The van der Waals surface area contributed by atoms with E-state index in [1.165, 1.54) is 55.5 Å². The summed E-state index contributed by atoms with van der Waals surface area (Å²) in [6, 6.07) is 16.9. The highest BCUT2D eigenvalue weighted by Crippen LogP contribution is 2.42. The molecule has 1 saturated carbocycles. The molecule has 7 rings (SSSR count). The largest absolute Gasteiger partial charge is 0.455 e. The van der Waals surface area contributed by atoms with E-state index >= 15 is 0 Å². The maximum atomic E-state index is 14.1. The lowest BCUT2D eigenvalue weighted by atomic mass is 9.88. The molecule has 5 aromatic rings. The Labute approximate surface area is 272 Å². The Morgan fingerprint density at radius 2 is 1.81 bits per heavy atom. The number of para-hydroxylation sites is 1. The maximum Gasteiger partial charge on any atom is 0.275 e. The van der Waals surface area contributed by atoms with Crippen molar-refractivity contribution in [2.45, 2.75) is 38.1 Å². The number of anilines is 1. The van der Waals surface area contributed by atoms with Gasteiger partial charge in [-0.2, -0.15) is 5.10 Å².